The Morgan fingerprint density at radius 2 is 0.828 bits per heavy atom. The Morgan fingerprint density at radius 3 is 1.25 bits per heavy atom. The summed E-state index contributed by atoms with van der Waals surface area (Å²) in [6, 6.07) is -0.616. The van der Waals surface area contributed by atoms with E-state index in [4.69, 9.17) is 14.2 Å². The summed E-state index contributed by atoms with van der Waals surface area (Å²) in [6.45, 7) is 4.74. The normalized spacial score (nSPS) is 13.1. The number of carbonyl (C=O) groups excluding carboxylic acids is 2. The molecule has 0 aliphatic heterocycles. The average Bonchev–Trinajstić information content (AvgIpc) is 3.26. The predicted molar refractivity (Wildman–Crippen MR) is 271 cm³/mol. The average molecular weight is 903 g/mol. The number of carboxylic acids is 1. The molecule has 0 saturated heterocycles. The Hall–Kier alpha value is -2.45. The monoisotopic (exact) mass is 903 g/mol. The zero-order valence-electron chi connectivity index (χ0n) is 42.7. The molecule has 2 unspecified atom stereocenters. The van der Waals surface area contributed by atoms with E-state index in [1.54, 1.807) is 0 Å². The van der Waals surface area contributed by atoms with Crippen LogP contribution < -0.4 is 0 Å². The molecule has 0 saturated carbocycles. The summed E-state index contributed by atoms with van der Waals surface area (Å²) in [4.78, 5) is 37.2. The molecule has 374 valence electrons. The second-order valence-electron chi connectivity index (χ2n) is 19.5. The lowest BCUT2D eigenvalue weighted by atomic mass is 10.1. The third kappa shape index (κ3) is 44.7. The fraction of sp³-hybridized carbons (Fsp3) is 0.839. The van der Waals surface area contributed by atoms with Crippen LogP contribution in [0, 0.1) is 0 Å². The molecule has 0 rings (SSSR count). The van der Waals surface area contributed by atoms with Crippen molar-refractivity contribution in [2.75, 3.05) is 41.0 Å². The van der Waals surface area contributed by atoms with Crippen LogP contribution >= 0.6 is 0 Å². The smallest absolute Gasteiger partial charge is 0.362 e. The van der Waals surface area contributed by atoms with Crippen molar-refractivity contribution in [3.05, 3.63) is 36.5 Å². The molecule has 0 heterocycles. The Balaban J connectivity index is 4.21. The van der Waals surface area contributed by atoms with Gasteiger partial charge in [0.15, 0.2) is 12.1 Å². The molecule has 0 amide bonds. The summed E-state index contributed by atoms with van der Waals surface area (Å²) in [5.74, 6) is -1.46. The molecule has 8 nitrogen and oxygen atoms in total. The molecule has 0 radical (unpaired) electrons. The van der Waals surface area contributed by atoms with Gasteiger partial charge in [0.2, 0.25) is 0 Å². The van der Waals surface area contributed by atoms with Crippen LogP contribution in [0.3, 0.4) is 0 Å². The van der Waals surface area contributed by atoms with E-state index in [9.17, 15) is 19.5 Å². The van der Waals surface area contributed by atoms with Crippen molar-refractivity contribution in [1.29, 1.82) is 0 Å². The van der Waals surface area contributed by atoms with Crippen LogP contribution in [0.4, 0.5) is 0 Å². The van der Waals surface area contributed by atoms with E-state index in [1.165, 1.54) is 180 Å². The minimum absolute atomic E-state index is 0.0524. The van der Waals surface area contributed by atoms with Crippen LogP contribution in [-0.4, -0.2) is 80.6 Å². The molecule has 0 aromatic rings. The highest BCUT2D eigenvalue weighted by molar-refractivity contribution is 5.72. The van der Waals surface area contributed by atoms with Gasteiger partial charge < -0.3 is 23.8 Å². The van der Waals surface area contributed by atoms with Crippen molar-refractivity contribution in [3.63, 3.8) is 0 Å². The lowest BCUT2D eigenvalue weighted by Gasteiger charge is -2.31. The first-order valence-corrected chi connectivity index (χ1v) is 27.0. The van der Waals surface area contributed by atoms with Crippen LogP contribution in [0.5, 0.6) is 0 Å². The van der Waals surface area contributed by atoms with E-state index in [2.05, 4.69) is 50.3 Å². The van der Waals surface area contributed by atoms with Crippen molar-refractivity contribution in [3.8, 4) is 0 Å². The number of aliphatic carboxylic acids is 1. The quantitative estimate of drug-likeness (QED) is 0.0213. The standard InChI is InChI=1S/C56H103NO7/c1-6-8-10-12-14-16-18-20-22-24-26-27-29-30-32-34-36-38-40-42-44-46-54(58)63-51-52(50-62-49-48-53(56(60)61)57(3,4)5)64-55(59)47-45-43-41-39-37-35-33-31-28-25-23-21-19-17-15-13-11-9-7-2/h15,17,19,21,27,29,52-53H,6-14,16,18,20,22-26,28,30-51H2,1-5H3/p+1/b17-15+,21-19+,29-27+. The first-order valence-electron chi connectivity index (χ1n) is 27.0. The maximum Gasteiger partial charge on any atom is 0.362 e. The highest BCUT2D eigenvalue weighted by atomic mass is 16.6. The van der Waals surface area contributed by atoms with Gasteiger partial charge in [0.1, 0.15) is 6.61 Å². The number of nitrogens with zero attached hydrogens (tertiary/aromatic N) is 1. The molecule has 0 aromatic heterocycles. The fourth-order valence-electron chi connectivity index (χ4n) is 8.08. The number of likely N-dealkylation sites (N-methyl/N-ethyl adjacent to an activating group) is 1. The van der Waals surface area contributed by atoms with E-state index in [0.29, 0.717) is 19.3 Å². The second-order valence-corrected chi connectivity index (χ2v) is 19.5. The number of allylic oxidation sites excluding steroid dienone is 6. The maximum absolute atomic E-state index is 12.8. The van der Waals surface area contributed by atoms with Crippen LogP contribution in [0.15, 0.2) is 36.5 Å². The third-order valence-corrected chi connectivity index (χ3v) is 12.3. The first kappa shape index (κ1) is 61.5. The second kappa shape index (κ2) is 47.1. The molecule has 0 fully saturated rings. The number of unbranched alkanes of at least 4 members (excludes halogenated alkanes) is 30. The van der Waals surface area contributed by atoms with E-state index in [-0.39, 0.29) is 36.2 Å². The van der Waals surface area contributed by atoms with Crippen LogP contribution in [0.25, 0.3) is 0 Å². The molecule has 64 heavy (non-hydrogen) atoms. The van der Waals surface area contributed by atoms with Crippen LogP contribution in [-0.2, 0) is 28.6 Å². The van der Waals surface area contributed by atoms with Gasteiger partial charge in [-0.1, -0.05) is 204 Å². The maximum atomic E-state index is 12.8. The Bertz CT molecular complexity index is 1140. The first-order chi connectivity index (χ1) is 31.1. The molecule has 0 aromatic carbocycles. The lowest BCUT2D eigenvalue weighted by molar-refractivity contribution is -0.887. The van der Waals surface area contributed by atoms with Gasteiger partial charge in [-0.15, -0.1) is 0 Å². The van der Waals surface area contributed by atoms with Gasteiger partial charge in [-0.25, -0.2) is 4.79 Å². The Morgan fingerprint density at radius 1 is 0.469 bits per heavy atom. The molecule has 0 aliphatic carbocycles. The number of carboxylic acid groups (broad SMARTS) is 1. The number of esters is 2. The zero-order chi connectivity index (χ0) is 47.0. The molecule has 2 atom stereocenters. The fourth-order valence-corrected chi connectivity index (χ4v) is 8.08. The van der Waals surface area contributed by atoms with Crippen molar-refractivity contribution >= 4 is 17.9 Å². The number of hydrogen-bond acceptors (Lipinski definition) is 6. The minimum atomic E-state index is -0.874. The molecule has 1 N–H and O–H groups in total. The number of quaternary nitrogens is 1. The summed E-state index contributed by atoms with van der Waals surface area (Å²) >= 11 is 0. The zero-order valence-corrected chi connectivity index (χ0v) is 42.7. The van der Waals surface area contributed by atoms with Gasteiger partial charge in [-0.3, -0.25) is 9.59 Å². The highest BCUT2D eigenvalue weighted by Crippen LogP contribution is 2.16. The molecular formula is C56H104NO7+. The Labute approximate surface area is 395 Å². The minimum Gasteiger partial charge on any atom is -0.477 e. The predicted octanol–water partition coefficient (Wildman–Crippen LogP) is 15.8. The molecule has 8 heteroatoms. The Kier molecular flexibility index (Phi) is 45.3. The topological polar surface area (TPSA) is 99.1 Å². The van der Waals surface area contributed by atoms with E-state index < -0.39 is 18.1 Å². The highest BCUT2D eigenvalue weighted by Gasteiger charge is 2.31. The van der Waals surface area contributed by atoms with Gasteiger partial charge in [0.05, 0.1) is 34.4 Å². The number of hydrogen-bond donors (Lipinski definition) is 1. The van der Waals surface area contributed by atoms with E-state index in [0.717, 1.165) is 38.5 Å². The van der Waals surface area contributed by atoms with Gasteiger partial charge >= 0.3 is 17.9 Å². The van der Waals surface area contributed by atoms with Crippen molar-refractivity contribution in [2.24, 2.45) is 0 Å². The van der Waals surface area contributed by atoms with Crippen molar-refractivity contribution in [2.45, 2.75) is 264 Å². The number of carbonyl (C=O) groups is 3. The van der Waals surface area contributed by atoms with Gasteiger partial charge in [0.25, 0.3) is 0 Å². The molecular weight excluding hydrogens is 799 g/mol. The number of rotatable bonds is 49. The summed E-state index contributed by atoms with van der Waals surface area (Å²) in [5.41, 5.74) is 0. The number of ether oxygens (including phenoxy) is 3. The summed E-state index contributed by atoms with van der Waals surface area (Å²) in [7, 11) is 5.54. The molecule has 0 spiro atoms. The molecule has 0 bridgehead atoms. The summed E-state index contributed by atoms with van der Waals surface area (Å²) in [5, 5.41) is 9.66. The van der Waals surface area contributed by atoms with Crippen molar-refractivity contribution < 1.29 is 38.2 Å². The van der Waals surface area contributed by atoms with Gasteiger partial charge in [-0.2, -0.15) is 0 Å². The van der Waals surface area contributed by atoms with Crippen molar-refractivity contribution in [1.82, 2.24) is 0 Å². The molecule has 0 aliphatic rings. The van der Waals surface area contributed by atoms with Crippen LogP contribution in [0.2, 0.25) is 0 Å². The van der Waals surface area contributed by atoms with E-state index >= 15 is 0 Å². The van der Waals surface area contributed by atoms with Crippen LogP contribution in [0.1, 0.15) is 251 Å². The third-order valence-electron chi connectivity index (χ3n) is 12.3. The SMILES string of the molecule is CCCCC/C=C/C=C/CCCCCCCCCCCCC(=O)OC(COCCC(C(=O)O)[N+](C)(C)C)COC(=O)CCCCCCCCC/C=C/CCCCCCCCCCCC. The summed E-state index contributed by atoms with van der Waals surface area (Å²) in [6.07, 6.45) is 56.2. The summed E-state index contributed by atoms with van der Waals surface area (Å²) < 4.78 is 17.4. The van der Waals surface area contributed by atoms with E-state index in [1.807, 2.05) is 21.1 Å². The van der Waals surface area contributed by atoms with Gasteiger partial charge in [-0.05, 0) is 64.2 Å². The largest absolute Gasteiger partial charge is 0.477 e. The lowest BCUT2D eigenvalue weighted by Crippen LogP contribution is -2.50. The van der Waals surface area contributed by atoms with Gasteiger partial charge in [0, 0.05) is 19.3 Å².